The van der Waals surface area contributed by atoms with Crippen molar-refractivity contribution in [3.63, 3.8) is 0 Å². The van der Waals surface area contributed by atoms with E-state index in [9.17, 15) is 10.1 Å². The Labute approximate surface area is 114 Å². The van der Waals surface area contributed by atoms with Gasteiger partial charge >= 0.3 is 0 Å². The zero-order chi connectivity index (χ0) is 14.3. The largest absolute Gasteiger partial charge is 0.276 e. The molecule has 0 atom stereocenters. The smallest absolute Gasteiger partial charge is 0.258 e. The normalized spacial score (nSPS) is 20.7. The lowest BCUT2D eigenvalue weighted by Crippen LogP contribution is -2.26. The highest BCUT2D eigenvalue weighted by Crippen LogP contribution is 2.48. The minimum Gasteiger partial charge on any atom is -0.258 e. The monoisotopic (exact) mass is 259 g/mol. The molecule has 102 valence electrons. The van der Waals surface area contributed by atoms with Gasteiger partial charge in [0.1, 0.15) is 0 Å². The third kappa shape index (κ3) is 3.03. The first-order chi connectivity index (χ1) is 8.70. The number of nitro groups is 1. The van der Waals surface area contributed by atoms with E-state index in [0.717, 1.165) is 24.0 Å². The summed E-state index contributed by atoms with van der Waals surface area (Å²) >= 11 is 0. The first kappa shape index (κ1) is 13.8. The molecule has 0 N–H and O–H groups in total. The second kappa shape index (κ2) is 4.48. The molecule has 0 heterocycles. The van der Waals surface area contributed by atoms with Crippen LogP contribution < -0.4 is 0 Å². The fourth-order valence-corrected chi connectivity index (χ4v) is 3.46. The van der Waals surface area contributed by atoms with Crippen molar-refractivity contribution in [2.75, 3.05) is 0 Å². The van der Waals surface area contributed by atoms with Gasteiger partial charge in [-0.1, -0.05) is 45.9 Å². The molecular weight excluding hydrogens is 238 g/mol. The van der Waals surface area contributed by atoms with Gasteiger partial charge in [0.25, 0.3) is 5.69 Å². The second-order valence-corrected chi connectivity index (χ2v) is 6.95. The summed E-state index contributed by atoms with van der Waals surface area (Å²) in [5.41, 5.74) is 2.35. The molecule has 0 fully saturated rings. The maximum absolute atomic E-state index is 11.2. The van der Waals surface area contributed by atoms with Crippen LogP contribution in [0.4, 0.5) is 5.69 Å². The minimum absolute atomic E-state index is 0.0841. The van der Waals surface area contributed by atoms with E-state index in [1.807, 2.05) is 12.1 Å². The van der Waals surface area contributed by atoms with Gasteiger partial charge in [-0.05, 0) is 35.3 Å². The molecule has 0 aliphatic heterocycles. The Balaban J connectivity index is 2.53. The Bertz CT molecular complexity index is 541. The summed E-state index contributed by atoms with van der Waals surface area (Å²) in [7, 11) is 0. The van der Waals surface area contributed by atoms with Crippen molar-refractivity contribution in [2.45, 2.75) is 40.5 Å². The average molecular weight is 259 g/mol. The Morgan fingerprint density at radius 3 is 2.37 bits per heavy atom. The molecule has 0 amide bonds. The van der Waals surface area contributed by atoms with Crippen LogP contribution in [0.1, 0.15) is 46.1 Å². The average Bonchev–Trinajstić information content (AvgIpc) is 2.24. The van der Waals surface area contributed by atoms with Crippen molar-refractivity contribution >= 4 is 11.3 Å². The number of nitrogens with zero attached hydrogens (tertiary/aromatic N) is 1. The van der Waals surface area contributed by atoms with E-state index in [1.54, 1.807) is 12.1 Å². The number of para-hydroxylation sites is 1. The predicted octanol–water partition coefficient (Wildman–Crippen LogP) is 4.82. The van der Waals surface area contributed by atoms with E-state index >= 15 is 0 Å². The van der Waals surface area contributed by atoms with Crippen LogP contribution in [0.2, 0.25) is 0 Å². The fourth-order valence-electron chi connectivity index (χ4n) is 3.46. The zero-order valence-electron chi connectivity index (χ0n) is 12.1. The molecule has 3 nitrogen and oxygen atoms in total. The van der Waals surface area contributed by atoms with Crippen LogP contribution in [0, 0.1) is 20.9 Å². The molecule has 0 saturated carbocycles. The Morgan fingerprint density at radius 2 is 1.79 bits per heavy atom. The lowest BCUT2D eigenvalue weighted by molar-refractivity contribution is -0.385. The van der Waals surface area contributed by atoms with Gasteiger partial charge in [-0.25, -0.2) is 0 Å². The summed E-state index contributed by atoms with van der Waals surface area (Å²) in [6.45, 7) is 8.86. The standard InChI is InChI=1S/C16H21NO2/c1-15(2)9-12(10-16(3,4)11-15)13-7-5-6-8-14(13)17(18)19/h5-9H,10-11H2,1-4H3. The predicted molar refractivity (Wildman–Crippen MR) is 77.9 cm³/mol. The molecule has 1 aliphatic rings. The number of nitro benzene ring substituents is 1. The van der Waals surface area contributed by atoms with Crippen molar-refractivity contribution < 1.29 is 4.92 Å². The molecule has 0 spiro atoms. The molecular formula is C16H21NO2. The van der Waals surface area contributed by atoms with Crippen LogP contribution in [0.25, 0.3) is 5.57 Å². The Hall–Kier alpha value is -1.64. The third-order valence-corrected chi connectivity index (χ3v) is 3.61. The van der Waals surface area contributed by atoms with E-state index in [0.29, 0.717) is 0 Å². The molecule has 0 unspecified atom stereocenters. The van der Waals surface area contributed by atoms with E-state index < -0.39 is 0 Å². The molecule has 1 aromatic rings. The highest BCUT2D eigenvalue weighted by Gasteiger charge is 2.34. The molecule has 0 radical (unpaired) electrons. The van der Waals surface area contributed by atoms with Crippen LogP contribution in [-0.2, 0) is 0 Å². The number of rotatable bonds is 2. The first-order valence-electron chi connectivity index (χ1n) is 6.66. The second-order valence-electron chi connectivity index (χ2n) is 6.95. The van der Waals surface area contributed by atoms with E-state index in [2.05, 4.69) is 33.8 Å². The van der Waals surface area contributed by atoms with Gasteiger partial charge in [0.05, 0.1) is 10.5 Å². The van der Waals surface area contributed by atoms with Crippen molar-refractivity contribution in [2.24, 2.45) is 10.8 Å². The molecule has 3 heteroatoms. The van der Waals surface area contributed by atoms with Gasteiger partial charge in [0, 0.05) is 6.07 Å². The van der Waals surface area contributed by atoms with Crippen molar-refractivity contribution in [3.05, 3.63) is 46.0 Å². The van der Waals surface area contributed by atoms with Crippen LogP contribution in [0.3, 0.4) is 0 Å². The first-order valence-corrected chi connectivity index (χ1v) is 6.66. The molecule has 19 heavy (non-hydrogen) atoms. The Morgan fingerprint density at radius 1 is 1.16 bits per heavy atom. The molecule has 0 bridgehead atoms. The van der Waals surface area contributed by atoms with Gasteiger partial charge in [-0.15, -0.1) is 0 Å². The van der Waals surface area contributed by atoms with Gasteiger partial charge in [-0.2, -0.15) is 0 Å². The van der Waals surface area contributed by atoms with Crippen molar-refractivity contribution in [1.29, 1.82) is 0 Å². The van der Waals surface area contributed by atoms with Gasteiger partial charge in [0.2, 0.25) is 0 Å². The molecule has 1 aliphatic carbocycles. The summed E-state index contributed by atoms with van der Waals surface area (Å²) in [6.07, 6.45) is 4.20. The fraction of sp³-hybridized carbons (Fsp3) is 0.500. The summed E-state index contributed by atoms with van der Waals surface area (Å²) < 4.78 is 0. The summed E-state index contributed by atoms with van der Waals surface area (Å²) in [5.74, 6) is 0. The van der Waals surface area contributed by atoms with E-state index in [4.69, 9.17) is 0 Å². The molecule has 0 aromatic heterocycles. The third-order valence-electron chi connectivity index (χ3n) is 3.61. The summed E-state index contributed by atoms with van der Waals surface area (Å²) in [5, 5.41) is 11.2. The number of benzene rings is 1. The van der Waals surface area contributed by atoms with Crippen molar-refractivity contribution in [3.8, 4) is 0 Å². The number of hydrogen-bond acceptors (Lipinski definition) is 2. The zero-order valence-corrected chi connectivity index (χ0v) is 12.1. The van der Waals surface area contributed by atoms with Gasteiger partial charge < -0.3 is 0 Å². The molecule has 1 aromatic carbocycles. The highest BCUT2D eigenvalue weighted by atomic mass is 16.6. The summed E-state index contributed by atoms with van der Waals surface area (Å²) in [4.78, 5) is 10.9. The van der Waals surface area contributed by atoms with Crippen molar-refractivity contribution in [1.82, 2.24) is 0 Å². The van der Waals surface area contributed by atoms with E-state index in [1.165, 1.54) is 0 Å². The van der Waals surface area contributed by atoms with Gasteiger partial charge in [0.15, 0.2) is 0 Å². The topological polar surface area (TPSA) is 43.1 Å². The highest BCUT2D eigenvalue weighted by molar-refractivity contribution is 5.74. The number of hydrogen-bond donors (Lipinski definition) is 0. The van der Waals surface area contributed by atoms with Crippen LogP contribution in [0.15, 0.2) is 30.3 Å². The molecule has 0 saturated heterocycles. The maximum Gasteiger partial charge on any atom is 0.276 e. The van der Waals surface area contributed by atoms with Gasteiger partial charge in [-0.3, -0.25) is 10.1 Å². The lowest BCUT2D eigenvalue weighted by atomic mass is 9.65. The van der Waals surface area contributed by atoms with E-state index in [-0.39, 0.29) is 21.4 Å². The van der Waals surface area contributed by atoms with Crippen LogP contribution in [0.5, 0.6) is 0 Å². The Kier molecular flexibility index (Phi) is 3.25. The number of allylic oxidation sites excluding steroid dienone is 2. The quantitative estimate of drug-likeness (QED) is 0.564. The molecule has 2 rings (SSSR count). The lowest BCUT2D eigenvalue weighted by Gasteiger charge is -2.39. The SMILES string of the molecule is CC1(C)C=C(c2ccccc2[N+](=O)[O-])CC(C)(C)C1. The maximum atomic E-state index is 11.2. The van der Waals surface area contributed by atoms with Crippen LogP contribution in [-0.4, -0.2) is 4.92 Å². The van der Waals surface area contributed by atoms with Crippen LogP contribution >= 0.6 is 0 Å². The summed E-state index contributed by atoms with van der Waals surface area (Å²) in [6, 6.07) is 7.05. The minimum atomic E-state index is -0.287.